The second-order valence-corrected chi connectivity index (χ2v) is 5.10. The van der Waals surface area contributed by atoms with E-state index in [2.05, 4.69) is 27.5 Å². The number of rotatable bonds is 7. The van der Waals surface area contributed by atoms with Crippen LogP contribution in [0.2, 0.25) is 0 Å². The van der Waals surface area contributed by atoms with Crippen molar-refractivity contribution in [3.63, 3.8) is 0 Å². The van der Waals surface area contributed by atoms with Gasteiger partial charge in [0, 0.05) is 46.2 Å². The second kappa shape index (κ2) is 6.85. The van der Waals surface area contributed by atoms with E-state index in [1.54, 1.807) is 7.11 Å². The van der Waals surface area contributed by atoms with Gasteiger partial charge in [0.2, 0.25) is 0 Å². The van der Waals surface area contributed by atoms with Gasteiger partial charge in [0.1, 0.15) is 23.1 Å². The lowest BCUT2D eigenvalue weighted by Gasteiger charge is -2.26. The molecule has 1 aromatic rings. The minimum atomic E-state index is -0.240. The van der Waals surface area contributed by atoms with Crippen molar-refractivity contribution >= 4 is 11.6 Å². The first-order valence-corrected chi connectivity index (χ1v) is 7.14. The molecule has 0 radical (unpaired) electrons. The number of ether oxygens (including phenoxy) is 2. The normalized spacial score (nSPS) is 21.9. The molecular formula is C14H24N4O2. The molecule has 0 bridgehead atoms. The first-order valence-electron chi connectivity index (χ1n) is 7.14. The Labute approximate surface area is 120 Å². The molecule has 0 amide bonds. The smallest absolute Gasteiger partial charge is 0.133 e. The summed E-state index contributed by atoms with van der Waals surface area (Å²) in [5.41, 5.74) is -0.240. The summed E-state index contributed by atoms with van der Waals surface area (Å²) in [5.74, 6) is 2.52. The Morgan fingerprint density at radius 3 is 2.80 bits per heavy atom. The lowest BCUT2D eigenvalue weighted by molar-refractivity contribution is -0.00625. The summed E-state index contributed by atoms with van der Waals surface area (Å²) in [6, 6.07) is 1.92. The Morgan fingerprint density at radius 2 is 2.20 bits per heavy atom. The lowest BCUT2D eigenvalue weighted by atomic mass is 10.0. The molecule has 0 aliphatic carbocycles. The number of nitrogens with one attached hydrogen (secondary N) is 2. The summed E-state index contributed by atoms with van der Waals surface area (Å²) in [4.78, 5) is 8.98. The van der Waals surface area contributed by atoms with Crippen molar-refractivity contribution in [3.8, 4) is 0 Å². The van der Waals surface area contributed by atoms with E-state index >= 15 is 0 Å². The number of hydrogen-bond donors (Lipinski definition) is 2. The van der Waals surface area contributed by atoms with E-state index in [9.17, 15) is 0 Å². The van der Waals surface area contributed by atoms with Gasteiger partial charge in [0.25, 0.3) is 0 Å². The highest BCUT2D eigenvalue weighted by atomic mass is 16.5. The maximum atomic E-state index is 5.61. The molecule has 112 valence electrons. The van der Waals surface area contributed by atoms with Gasteiger partial charge in [0.05, 0.1) is 6.61 Å². The predicted molar refractivity (Wildman–Crippen MR) is 79.2 cm³/mol. The van der Waals surface area contributed by atoms with Crippen molar-refractivity contribution in [2.24, 2.45) is 0 Å². The molecule has 1 unspecified atom stereocenters. The van der Waals surface area contributed by atoms with Gasteiger partial charge in [0.15, 0.2) is 0 Å². The van der Waals surface area contributed by atoms with E-state index < -0.39 is 0 Å². The van der Waals surface area contributed by atoms with E-state index in [0.717, 1.165) is 43.3 Å². The molecule has 1 aliphatic rings. The number of nitrogens with zero attached hydrogens (tertiary/aromatic N) is 2. The quantitative estimate of drug-likeness (QED) is 0.792. The summed E-state index contributed by atoms with van der Waals surface area (Å²) >= 11 is 0. The molecule has 1 aromatic heterocycles. The Balaban J connectivity index is 2.06. The van der Waals surface area contributed by atoms with Crippen LogP contribution in [0.1, 0.15) is 25.6 Å². The Bertz CT molecular complexity index is 433. The zero-order valence-electron chi connectivity index (χ0n) is 12.5. The number of methoxy groups -OCH3 is 1. The number of aryl methyl sites for hydroxylation is 1. The van der Waals surface area contributed by atoms with Crippen molar-refractivity contribution in [1.82, 2.24) is 9.97 Å². The monoisotopic (exact) mass is 280 g/mol. The minimum Gasteiger partial charge on any atom is -0.378 e. The van der Waals surface area contributed by atoms with Crippen LogP contribution in [0.3, 0.4) is 0 Å². The third-order valence-corrected chi connectivity index (χ3v) is 3.59. The molecule has 0 saturated carbocycles. The van der Waals surface area contributed by atoms with Crippen LogP contribution in [0.4, 0.5) is 11.6 Å². The lowest BCUT2D eigenvalue weighted by Crippen LogP contribution is -2.39. The van der Waals surface area contributed by atoms with Crippen LogP contribution in [-0.2, 0) is 15.9 Å². The van der Waals surface area contributed by atoms with E-state index in [-0.39, 0.29) is 5.60 Å². The van der Waals surface area contributed by atoms with Gasteiger partial charge < -0.3 is 20.1 Å². The molecule has 1 aliphatic heterocycles. The summed E-state index contributed by atoms with van der Waals surface area (Å²) in [6.45, 7) is 4.19. The highest BCUT2D eigenvalue weighted by Gasteiger charge is 2.34. The summed E-state index contributed by atoms with van der Waals surface area (Å²) < 4.78 is 11.0. The topological polar surface area (TPSA) is 68.3 Å². The molecule has 2 N–H and O–H groups in total. The SMILES string of the molecule is CCCc1nc(NC)cc(NCC2(OC)CCOC2)n1. The average molecular weight is 280 g/mol. The Kier molecular flexibility index (Phi) is 5.14. The molecule has 0 spiro atoms. The van der Waals surface area contributed by atoms with Crippen molar-refractivity contribution in [1.29, 1.82) is 0 Å². The van der Waals surface area contributed by atoms with Gasteiger partial charge in [-0.3, -0.25) is 0 Å². The van der Waals surface area contributed by atoms with E-state index in [0.29, 0.717) is 13.2 Å². The molecule has 2 heterocycles. The van der Waals surface area contributed by atoms with Gasteiger partial charge in [-0.1, -0.05) is 6.92 Å². The molecule has 1 saturated heterocycles. The van der Waals surface area contributed by atoms with Crippen molar-refractivity contribution in [2.75, 3.05) is 44.5 Å². The third-order valence-electron chi connectivity index (χ3n) is 3.59. The van der Waals surface area contributed by atoms with Crippen LogP contribution >= 0.6 is 0 Å². The van der Waals surface area contributed by atoms with Gasteiger partial charge in [-0.25, -0.2) is 9.97 Å². The average Bonchev–Trinajstić information content (AvgIpc) is 2.95. The Hall–Kier alpha value is -1.40. The van der Waals surface area contributed by atoms with Crippen molar-refractivity contribution in [3.05, 3.63) is 11.9 Å². The minimum absolute atomic E-state index is 0.240. The molecule has 1 fully saturated rings. The highest BCUT2D eigenvalue weighted by molar-refractivity contribution is 5.47. The van der Waals surface area contributed by atoms with E-state index in [4.69, 9.17) is 9.47 Å². The van der Waals surface area contributed by atoms with Crippen molar-refractivity contribution < 1.29 is 9.47 Å². The van der Waals surface area contributed by atoms with Crippen molar-refractivity contribution in [2.45, 2.75) is 31.8 Å². The van der Waals surface area contributed by atoms with E-state index in [1.165, 1.54) is 0 Å². The molecule has 20 heavy (non-hydrogen) atoms. The zero-order valence-corrected chi connectivity index (χ0v) is 12.5. The fourth-order valence-electron chi connectivity index (χ4n) is 2.26. The molecule has 2 rings (SSSR count). The maximum Gasteiger partial charge on any atom is 0.133 e. The fraction of sp³-hybridized carbons (Fsp3) is 0.714. The standard InChI is InChI=1S/C14H24N4O2/c1-4-5-11-17-12(15-2)8-13(18-11)16-9-14(19-3)6-7-20-10-14/h8H,4-7,9-10H2,1-3H3,(H2,15,16,17,18). The Morgan fingerprint density at radius 1 is 1.40 bits per heavy atom. The first-order chi connectivity index (χ1) is 9.71. The highest BCUT2D eigenvalue weighted by Crippen LogP contribution is 2.23. The van der Waals surface area contributed by atoms with Crippen LogP contribution in [0.25, 0.3) is 0 Å². The molecule has 6 nitrogen and oxygen atoms in total. The summed E-state index contributed by atoms with van der Waals surface area (Å²) in [6.07, 6.45) is 2.81. The number of hydrogen-bond acceptors (Lipinski definition) is 6. The van der Waals surface area contributed by atoms with Crippen LogP contribution in [-0.4, -0.2) is 49.5 Å². The van der Waals surface area contributed by atoms with Crippen LogP contribution in [0.15, 0.2) is 6.07 Å². The van der Waals surface area contributed by atoms with Gasteiger partial charge >= 0.3 is 0 Å². The van der Waals surface area contributed by atoms with Gasteiger partial charge in [-0.2, -0.15) is 0 Å². The summed E-state index contributed by atoms with van der Waals surface area (Å²) in [5, 5.41) is 6.43. The van der Waals surface area contributed by atoms with Gasteiger partial charge in [-0.15, -0.1) is 0 Å². The third kappa shape index (κ3) is 3.58. The van der Waals surface area contributed by atoms with Crippen LogP contribution in [0, 0.1) is 0 Å². The number of aromatic nitrogens is 2. The molecule has 6 heteroatoms. The summed E-state index contributed by atoms with van der Waals surface area (Å²) in [7, 11) is 3.60. The second-order valence-electron chi connectivity index (χ2n) is 5.10. The first kappa shape index (κ1) is 15.0. The van der Waals surface area contributed by atoms with Crippen LogP contribution in [0.5, 0.6) is 0 Å². The van der Waals surface area contributed by atoms with Gasteiger partial charge in [-0.05, 0) is 6.42 Å². The zero-order chi connectivity index (χ0) is 14.4. The van der Waals surface area contributed by atoms with Crippen LogP contribution < -0.4 is 10.6 Å². The maximum absolute atomic E-state index is 5.61. The molecule has 0 aromatic carbocycles. The molecule has 1 atom stereocenters. The van der Waals surface area contributed by atoms with E-state index in [1.807, 2.05) is 13.1 Å². The fourth-order valence-corrected chi connectivity index (χ4v) is 2.26. The molecular weight excluding hydrogens is 256 g/mol. The number of anilines is 2. The largest absolute Gasteiger partial charge is 0.378 e. The predicted octanol–water partition coefficient (Wildman–Crippen LogP) is 1.69.